The minimum Gasteiger partial charge on any atom is -0.335 e. The van der Waals surface area contributed by atoms with Crippen LogP contribution in [0.25, 0.3) is 0 Å². The summed E-state index contributed by atoms with van der Waals surface area (Å²) in [6.07, 6.45) is 2.86. The summed E-state index contributed by atoms with van der Waals surface area (Å²) < 4.78 is 0. The summed E-state index contributed by atoms with van der Waals surface area (Å²) in [4.78, 5) is 17.0. The molecule has 2 amide bonds. The van der Waals surface area contributed by atoms with E-state index < -0.39 is 0 Å². The van der Waals surface area contributed by atoms with Crippen LogP contribution in [0.2, 0.25) is 0 Å². The van der Waals surface area contributed by atoms with E-state index in [0.717, 1.165) is 38.9 Å². The molecule has 134 valence electrons. The number of carbonyl (C=O) groups is 1. The van der Waals surface area contributed by atoms with Crippen LogP contribution in [-0.2, 0) is 12.8 Å². The molecule has 0 aliphatic carbocycles. The molecule has 0 saturated carbocycles. The van der Waals surface area contributed by atoms with Crippen molar-refractivity contribution in [3.8, 4) is 0 Å². The van der Waals surface area contributed by atoms with Crippen LogP contribution in [-0.4, -0.2) is 55.6 Å². The maximum absolute atomic E-state index is 12.8. The molecule has 1 heterocycles. The third-order valence-electron chi connectivity index (χ3n) is 4.92. The quantitative estimate of drug-likeness (QED) is 0.920. The van der Waals surface area contributed by atoms with Gasteiger partial charge in [0.25, 0.3) is 0 Å². The number of carbonyl (C=O) groups excluding carboxylic acids is 1. The van der Waals surface area contributed by atoms with Crippen molar-refractivity contribution in [2.45, 2.75) is 46.1 Å². The fourth-order valence-electron chi connectivity index (χ4n) is 3.22. The van der Waals surface area contributed by atoms with Gasteiger partial charge in [-0.2, -0.15) is 0 Å². The Balaban J connectivity index is 1.97. The number of hydrogen-bond donors (Lipinski definition) is 1. The van der Waals surface area contributed by atoms with Crippen LogP contribution in [0.15, 0.2) is 24.3 Å². The Morgan fingerprint density at radius 3 is 2.17 bits per heavy atom. The number of urea groups is 1. The average molecular weight is 332 g/mol. The first-order valence-electron chi connectivity index (χ1n) is 9.04. The van der Waals surface area contributed by atoms with E-state index in [4.69, 9.17) is 0 Å². The van der Waals surface area contributed by atoms with E-state index in [1.54, 1.807) is 0 Å². The molecule has 24 heavy (non-hydrogen) atoms. The molecule has 1 atom stereocenters. The van der Waals surface area contributed by atoms with Gasteiger partial charge in [0.05, 0.1) is 0 Å². The first-order chi connectivity index (χ1) is 11.3. The maximum atomic E-state index is 12.8. The van der Waals surface area contributed by atoms with Gasteiger partial charge in [0.15, 0.2) is 0 Å². The number of fused-ring (bicyclic) bond motifs is 1. The molecule has 0 aromatic heterocycles. The van der Waals surface area contributed by atoms with Crippen LogP contribution in [0.1, 0.15) is 38.3 Å². The van der Waals surface area contributed by atoms with Crippen LogP contribution < -0.4 is 5.32 Å². The van der Waals surface area contributed by atoms with E-state index in [0.29, 0.717) is 0 Å². The molecule has 0 radical (unpaired) electrons. The molecule has 1 aromatic rings. The standard InChI is InChI=1S/C20H33N3O/c1-20(2,3)18(12-13-22(4)5)21-19(24)23-14-10-16-8-6-7-9-17(16)11-15-23/h6-9,18H,10-15H2,1-5H3,(H,21,24)/t18-/m1/s1. The summed E-state index contributed by atoms with van der Waals surface area (Å²) in [6.45, 7) is 9.18. The third-order valence-corrected chi connectivity index (χ3v) is 4.92. The molecule has 1 aliphatic rings. The average Bonchev–Trinajstić information content (AvgIpc) is 2.72. The van der Waals surface area contributed by atoms with Gasteiger partial charge in [0.1, 0.15) is 0 Å². The first kappa shape index (κ1) is 18.8. The summed E-state index contributed by atoms with van der Waals surface area (Å²) in [7, 11) is 4.15. The number of nitrogens with one attached hydrogen (secondary N) is 1. The molecule has 0 bridgehead atoms. The predicted octanol–water partition coefficient (Wildman–Crippen LogP) is 3.16. The van der Waals surface area contributed by atoms with Crippen LogP contribution in [0, 0.1) is 5.41 Å². The summed E-state index contributed by atoms with van der Waals surface area (Å²) in [6, 6.07) is 8.81. The monoisotopic (exact) mass is 331 g/mol. The predicted molar refractivity (Wildman–Crippen MR) is 100 cm³/mol. The van der Waals surface area contributed by atoms with Gasteiger partial charge in [0.2, 0.25) is 0 Å². The van der Waals surface area contributed by atoms with Crippen molar-refractivity contribution in [1.29, 1.82) is 0 Å². The Morgan fingerprint density at radius 1 is 1.17 bits per heavy atom. The summed E-state index contributed by atoms with van der Waals surface area (Å²) in [5.74, 6) is 0. The largest absolute Gasteiger partial charge is 0.335 e. The Labute approximate surface area is 147 Å². The lowest BCUT2D eigenvalue weighted by Crippen LogP contribution is -2.51. The molecule has 0 unspecified atom stereocenters. The number of rotatable bonds is 4. The Morgan fingerprint density at radius 2 is 1.71 bits per heavy atom. The SMILES string of the molecule is CN(C)CC[C@@H](NC(=O)N1CCc2ccccc2CC1)C(C)(C)C. The molecule has 1 aromatic carbocycles. The van der Waals surface area contributed by atoms with Crippen molar-refractivity contribution >= 4 is 6.03 Å². The van der Waals surface area contributed by atoms with E-state index in [2.05, 4.69) is 69.3 Å². The zero-order valence-electron chi connectivity index (χ0n) is 15.9. The van der Waals surface area contributed by atoms with Crippen molar-refractivity contribution < 1.29 is 4.79 Å². The van der Waals surface area contributed by atoms with E-state index in [-0.39, 0.29) is 17.5 Å². The molecular weight excluding hydrogens is 298 g/mol. The van der Waals surface area contributed by atoms with E-state index in [1.807, 2.05) is 4.90 Å². The van der Waals surface area contributed by atoms with Gasteiger partial charge in [-0.25, -0.2) is 4.79 Å². The Kier molecular flexibility index (Phi) is 6.27. The van der Waals surface area contributed by atoms with Crippen LogP contribution in [0.3, 0.4) is 0 Å². The van der Waals surface area contributed by atoms with E-state index in [1.165, 1.54) is 11.1 Å². The van der Waals surface area contributed by atoms with E-state index in [9.17, 15) is 4.79 Å². The molecule has 4 nitrogen and oxygen atoms in total. The van der Waals surface area contributed by atoms with Gasteiger partial charge in [-0.05, 0) is 56.4 Å². The fraction of sp³-hybridized carbons (Fsp3) is 0.650. The molecule has 4 heteroatoms. The van der Waals surface area contributed by atoms with Gasteiger partial charge >= 0.3 is 6.03 Å². The van der Waals surface area contributed by atoms with Crippen molar-refractivity contribution in [1.82, 2.24) is 15.1 Å². The summed E-state index contributed by atoms with van der Waals surface area (Å²) >= 11 is 0. The number of nitrogens with zero attached hydrogens (tertiary/aromatic N) is 2. The van der Waals surface area contributed by atoms with Gasteiger partial charge in [-0.1, -0.05) is 45.0 Å². The zero-order chi connectivity index (χ0) is 17.7. The Hall–Kier alpha value is -1.55. The highest BCUT2D eigenvalue weighted by molar-refractivity contribution is 5.74. The number of hydrogen-bond acceptors (Lipinski definition) is 2. The molecule has 0 fully saturated rings. The fourth-order valence-corrected chi connectivity index (χ4v) is 3.22. The highest BCUT2D eigenvalue weighted by Crippen LogP contribution is 2.23. The highest BCUT2D eigenvalue weighted by atomic mass is 16.2. The minimum atomic E-state index is 0.0560. The second kappa shape index (κ2) is 8.02. The number of amides is 2. The lowest BCUT2D eigenvalue weighted by atomic mass is 9.84. The summed E-state index contributed by atoms with van der Waals surface area (Å²) in [5.41, 5.74) is 2.82. The molecule has 2 rings (SSSR count). The second-order valence-electron chi connectivity index (χ2n) is 8.22. The topological polar surface area (TPSA) is 35.6 Å². The maximum Gasteiger partial charge on any atom is 0.317 e. The number of benzene rings is 1. The van der Waals surface area contributed by atoms with Gasteiger partial charge in [-0.15, -0.1) is 0 Å². The van der Waals surface area contributed by atoms with Crippen molar-refractivity contribution in [2.75, 3.05) is 33.7 Å². The Bertz CT molecular complexity index is 521. The van der Waals surface area contributed by atoms with Crippen molar-refractivity contribution in [2.24, 2.45) is 5.41 Å². The third kappa shape index (κ3) is 5.23. The molecule has 1 N–H and O–H groups in total. The highest BCUT2D eigenvalue weighted by Gasteiger charge is 2.28. The van der Waals surface area contributed by atoms with Gasteiger partial charge in [0, 0.05) is 19.1 Å². The van der Waals surface area contributed by atoms with Crippen molar-refractivity contribution in [3.63, 3.8) is 0 Å². The molecule has 0 saturated heterocycles. The molecule has 0 spiro atoms. The normalized spacial score (nSPS) is 16.5. The lowest BCUT2D eigenvalue weighted by molar-refractivity contribution is 0.175. The second-order valence-corrected chi connectivity index (χ2v) is 8.22. The van der Waals surface area contributed by atoms with Gasteiger partial charge in [-0.3, -0.25) is 0 Å². The van der Waals surface area contributed by atoms with Gasteiger partial charge < -0.3 is 15.1 Å². The lowest BCUT2D eigenvalue weighted by Gasteiger charge is -2.34. The first-order valence-corrected chi connectivity index (χ1v) is 9.04. The smallest absolute Gasteiger partial charge is 0.317 e. The zero-order valence-corrected chi connectivity index (χ0v) is 15.9. The molecular formula is C20H33N3O. The summed E-state index contributed by atoms with van der Waals surface area (Å²) in [5, 5.41) is 3.30. The van der Waals surface area contributed by atoms with Crippen molar-refractivity contribution in [3.05, 3.63) is 35.4 Å². The van der Waals surface area contributed by atoms with Crippen LogP contribution in [0.5, 0.6) is 0 Å². The van der Waals surface area contributed by atoms with E-state index >= 15 is 0 Å². The molecule has 1 aliphatic heterocycles. The van der Waals surface area contributed by atoms with Crippen LogP contribution in [0.4, 0.5) is 4.79 Å². The minimum absolute atomic E-state index is 0.0560. The van der Waals surface area contributed by atoms with Crippen LogP contribution >= 0.6 is 0 Å².